The van der Waals surface area contributed by atoms with Gasteiger partial charge in [0.2, 0.25) is 0 Å². The van der Waals surface area contributed by atoms with Crippen molar-refractivity contribution in [1.82, 2.24) is 14.9 Å². The second kappa shape index (κ2) is 8.84. The van der Waals surface area contributed by atoms with Crippen LogP contribution in [0.2, 0.25) is 0 Å². The van der Waals surface area contributed by atoms with Crippen molar-refractivity contribution >= 4 is 16.9 Å². The molecular formula is C24H21F3N4O. The molecule has 0 radical (unpaired) electrons. The molecule has 0 bridgehead atoms. The number of hydrogen-bond acceptors (Lipinski definition) is 3. The number of carbonyl (C=O) groups is 1. The van der Waals surface area contributed by atoms with Crippen molar-refractivity contribution in [3.8, 4) is 0 Å². The Morgan fingerprint density at radius 3 is 2.38 bits per heavy atom. The first-order valence-electron chi connectivity index (χ1n) is 10.00. The van der Waals surface area contributed by atoms with Gasteiger partial charge in [0.1, 0.15) is 0 Å². The monoisotopic (exact) mass is 438 g/mol. The molecule has 164 valence electrons. The molecule has 3 N–H and O–H groups in total. The Morgan fingerprint density at radius 1 is 0.938 bits per heavy atom. The molecule has 0 aliphatic heterocycles. The maximum absolute atomic E-state index is 13.4. The van der Waals surface area contributed by atoms with Crippen LogP contribution in [0.25, 0.3) is 11.0 Å². The number of carbonyl (C=O) groups excluding carboxylic acids is 1. The summed E-state index contributed by atoms with van der Waals surface area (Å²) in [5.41, 5.74) is 8.97. The van der Waals surface area contributed by atoms with Crippen molar-refractivity contribution in [1.29, 1.82) is 0 Å². The van der Waals surface area contributed by atoms with Crippen LogP contribution in [-0.4, -0.2) is 20.8 Å². The minimum absolute atomic E-state index is 0.0302. The molecule has 0 aliphatic carbocycles. The van der Waals surface area contributed by atoms with Gasteiger partial charge in [-0.15, -0.1) is 0 Å². The lowest BCUT2D eigenvalue weighted by Crippen LogP contribution is -2.30. The number of hydrogen-bond donors (Lipinski definition) is 2. The summed E-state index contributed by atoms with van der Waals surface area (Å²) >= 11 is 0. The fourth-order valence-corrected chi connectivity index (χ4v) is 3.52. The number of halogens is 3. The van der Waals surface area contributed by atoms with Crippen LogP contribution in [0.3, 0.4) is 0 Å². The lowest BCUT2D eigenvalue weighted by Gasteiger charge is -2.24. The van der Waals surface area contributed by atoms with Gasteiger partial charge in [0.15, 0.2) is 0 Å². The van der Waals surface area contributed by atoms with Crippen LogP contribution < -0.4 is 5.73 Å². The highest BCUT2D eigenvalue weighted by Gasteiger charge is 2.30. The normalized spacial score (nSPS) is 11.6. The summed E-state index contributed by atoms with van der Waals surface area (Å²) in [6.07, 6.45) is -2.91. The summed E-state index contributed by atoms with van der Waals surface area (Å²) in [5, 5.41) is 0. The number of benzene rings is 3. The number of rotatable bonds is 6. The van der Waals surface area contributed by atoms with Gasteiger partial charge in [0.05, 0.1) is 22.9 Å². The van der Waals surface area contributed by atoms with E-state index in [1.54, 1.807) is 30.6 Å². The molecule has 0 aliphatic rings. The molecule has 0 atom stereocenters. The molecule has 5 nitrogen and oxygen atoms in total. The third-order valence-corrected chi connectivity index (χ3v) is 5.21. The number of aromatic amines is 1. The zero-order valence-corrected chi connectivity index (χ0v) is 17.1. The maximum Gasteiger partial charge on any atom is 0.416 e. The van der Waals surface area contributed by atoms with E-state index in [4.69, 9.17) is 5.73 Å². The molecule has 1 aromatic heterocycles. The second-order valence-electron chi connectivity index (χ2n) is 7.51. The van der Waals surface area contributed by atoms with Gasteiger partial charge >= 0.3 is 6.18 Å². The van der Waals surface area contributed by atoms with E-state index in [1.807, 2.05) is 24.3 Å². The molecule has 0 saturated heterocycles. The van der Waals surface area contributed by atoms with Crippen LogP contribution in [0, 0.1) is 0 Å². The van der Waals surface area contributed by atoms with Crippen LogP contribution in [0.1, 0.15) is 32.6 Å². The SMILES string of the molecule is NCc1ccc(CN(Cc2cccc(C(F)(F)F)c2)C(=O)c2ccc3nc[nH]c3c2)cc1. The van der Waals surface area contributed by atoms with Crippen LogP contribution in [0.4, 0.5) is 13.2 Å². The van der Waals surface area contributed by atoms with Crippen LogP contribution in [0.5, 0.6) is 0 Å². The first kappa shape index (κ1) is 21.6. The molecule has 0 fully saturated rings. The molecule has 4 aromatic rings. The molecule has 3 aromatic carbocycles. The average Bonchev–Trinajstić information content (AvgIpc) is 3.26. The summed E-state index contributed by atoms with van der Waals surface area (Å²) in [4.78, 5) is 22.0. The van der Waals surface area contributed by atoms with Gasteiger partial charge in [-0.2, -0.15) is 13.2 Å². The maximum atomic E-state index is 13.4. The van der Waals surface area contributed by atoms with Gasteiger partial charge in [0, 0.05) is 25.2 Å². The number of nitrogens with two attached hydrogens (primary N) is 1. The van der Waals surface area contributed by atoms with Crippen LogP contribution in [-0.2, 0) is 25.8 Å². The average molecular weight is 438 g/mol. The standard InChI is InChI=1S/C24H21F3N4O/c25-24(26,27)20-3-1-2-18(10-20)14-31(13-17-6-4-16(12-28)5-7-17)23(32)19-8-9-21-22(11-19)30-15-29-21/h1-11,15H,12-14,28H2,(H,29,30). The van der Waals surface area contributed by atoms with E-state index in [9.17, 15) is 18.0 Å². The Bertz CT molecular complexity index is 1230. The van der Waals surface area contributed by atoms with E-state index in [0.717, 1.165) is 28.8 Å². The Morgan fingerprint density at radius 2 is 1.66 bits per heavy atom. The van der Waals surface area contributed by atoms with Crippen molar-refractivity contribution < 1.29 is 18.0 Å². The summed E-state index contributed by atoms with van der Waals surface area (Å²) in [6.45, 7) is 0.667. The van der Waals surface area contributed by atoms with Gasteiger partial charge in [-0.3, -0.25) is 4.79 Å². The zero-order valence-electron chi connectivity index (χ0n) is 17.1. The molecule has 1 heterocycles. The van der Waals surface area contributed by atoms with Gasteiger partial charge in [-0.25, -0.2) is 4.98 Å². The Hall–Kier alpha value is -3.65. The Labute approximate surface area is 182 Å². The molecule has 0 saturated carbocycles. The first-order chi connectivity index (χ1) is 15.3. The topological polar surface area (TPSA) is 75.0 Å². The highest BCUT2D eigenvalue weighted by molar-refractivity contribution is 5.97. The van der Waals surface area contributed by atoms with Crippen molar-refractivity contribution in [2.24, 2.45) is 5.73 Å². The molecule has 4 rings (SSSR count). The molecule has 8 heteroatoms. The second-order valence-corrected chi connectivity index (χ2v) is 7.51. The van der Waals surface area contributed by atoms with Gasteiger partial charge in [-0.05, 0) is 47.0 Å². The molecule has 1 amide bonds. The number of alkyl halides is 3. The molecule has 0 spiro atoms. The van der Waals surface area contributed by atoms with Crippen LogP contribution in [0.15, 0.2) is 73.1 Å². The van der Waals surface area contributed by atoms with E-state index >= 15 is 0 Å². The van der Waals surface area contributed by atoms with Gasteiger partial charge in [-0.1, -0.05) is 36.4 Å². The molecule has 32 heavy (non-hydrogen) atoms. The fraction of sp³-hybridized carbons (Fsp3) is 0.167. The highest BCUT2D eigenvalue weighted by atomic mass is 19.4. The Kier molecular flexibility index (Phi) is 5.96. The van der Waals surface area contributed by atoms with Crippen molar-refractivity contribution in [2.75, 3.05) is 0 Å². The number of nitrogens with one attached hydrogen (secondary N) is 1. The van der Waals surface area contributed by atoms with Crippen molar-refractivity contribution in [3.63, 3.8) is 0 Å². The third-order valence-electron chi connectivity index (χ3n) is 5.21. The largest absolute Gasteiger partial charge is 0.416 e. The van der Waals surface area contributed by atoms with Crippen LogP contribution >= 0.6 is 0 Å². The molecular weight excluding hydrogens is 417 g/mol. The summed E-state index contributed by atoms with van der Waals surface area (Å²) in [7, 11) is 0. The smallest absolute Gasteiger partial charge is 0.345 e. The lowest BCUT2D eigenvalue weighted by atomic mass is 10.1. The van der Waals surface area contributed by atoms with E-state index in [0.29, 0.717) is 23.2 Å². The van der Waals surface area contributed by atoms with Gasteiger partial charge in [0.25, 0.3) is 5.91 Å². The van der Waals surface area contributed by atoms with Gasteiger partial charge < -0.3 is 15.6 Å². The minimum atomic E-state index is -4.45. The predicted octanol–water partition coefficient (Wildman–Crippen LogP) is 4.88. The van der Waals surface area contributed by atoms with Crippen molar-refractivity contribution in [3.05, 3.63) is 101 Å². The summed E-state index contributed by atoms with van der Waals surface area (Å²) in [5.74, 6) is -0.290. The third kappa shape index (κ3) is 4.81. The molecule has 0 unspecified atom stereocenters. The Balaban J connectivity index is 1.66. The predicted molar refractivity (Wildman–Crippen MR) is 115 cm³/mol. The highest BCUT2D eigenvalue weighted by Crippen LogP contribution is 2.30. The minimum Gasteiger partial charge on any atom is -0.345 e. The van der Waals surface area contributed by atoms with E-state index in [2.05, 4.69) is 9.97 Å². The number of nitrogens with zero attached hydrogens (tertiary/aromatic N) is 2. The zero-order chi connectivity index (χ0) is 22.7. The van der Waals surface area contributed by atoms with E-state index < -0.39 is 11.7 Å². The number of fused-ring (bicyclic) bond motifs is 1. The number of imidazole rings is 1. The van der Waals surface area contributed by atoms with Crippen molar-refractivity contribution in [2.45, 2.75) is 25.8 Å². The van der Waals surface area contributed by atoms with E-state index in [-0.39, 0.29) is 19.0 Å². The quantitative estimate of drug-likeness (QED) is 0.450. The number of aromatic nitrogens is 2. The number of amides is 1. The lowest BCUT2D eigenvalue weighted by molar-refractivity contribution is -0.137. The summed E-state index contributed by atoms with van der Waals surface area (Å²) < 4.78 is 39.5. The summed E-state index contributed by atoms with van der Waals surface area (Å²) in [6, 6.07) is 17.6. The fourth-order valence-electron chi connectivity index (χ4n) is 3.52. The van der Waals surface area contributed by atoms with E-state index in [1.165, 1.54) is 11.0 Å². The first-order valence-corrected chi connectivity index (χ1v) is 10.00. The number of H-pyrrole nitrogens is 1.